The van der Waals surface area contributed by atoms with E-state index in [0.717, 1.165) is 11.1 Å². The Morgan fingerprint density at radius 1 is 1.04 bits per heavy atom. The van der Waals surface area contributed by atoms with Gasteiger partial charge in [0.2, 0.25) is 0 Å². The fourth-order valence-electron chi connectivity index (χ4n) is 2.24. The van der Waals surface area contributed by atoms with Crippen LogP contribution in [0.5, 0.6) is 5.75 Å². The minimum Gasteiger partial charge on any atom is -0.508 e. The van der Waals surface area contributed by atoms with Gasteiger partial charge in [0.1, 0.15) is 5.75 Å². The molecule has 122 valence electrons. The molecule has 7 heteroatoms. The lowest BCUT2D eigenvalue weighted by molar-refractivity contribution is 0.469. The molecule has 0 radical (unpaired) electrons. The second-order valence-electron chi connectivity index (χ2n) is 5.25. The van der Waals surface area contributed by atoms with Crippen LogP contribution in [-0.2, 0) is 16.5 Å². The first-order valence-corrected chi connectivity index (χ1v) is 8.48. The lowest BCUT2D eigenvalue weighted by Crippen LogP contribution is -2.01. The summed E-state index contributed by atoms with van der Waals surface area (Å²) < 4.78 is 32.0. The summed E-state index contributed by atoms with van der Waals surface area (Å²) in [6.45, 7) is 5.30. The standard InChI is InChI=1S/C16H18N2O4S/c1-4-12-8-13(5-6-15(12)19)17-18-14-9-16(23(20,21)22)11(3)7-10(14)2/h5-9,19H,4H2,1-3H3,(H,20,21,22). The summed E-state index contributed by atoms with van der Waals surface area (Å²) in [6, 6.07) is 7.80. The molecule has 0 saturated carbocycles. The van der Waals surface area contributed by atoms with Crippen molar-refractivity contribution in [2.24, 2.45) is 10.2 Å². The van der Waals surface area contributed by atoms with Crippen molar-refractivity contribution in [1.82, 2.24) is 0 Å². The van der Waals surface area contributed by atoms with E-state index in [4.69, 9.17) is 0 Å². The number of hydrogen-bond acceptors (Lipinski definition) is 5. The van der Waals surface area contributed by atoms with Crippen LogP contribution in [0.2, 0.25) is 0 Å². The average molecular weight is 334 g/mol. The Balaban J connectivity index is 2.44. The van der Waals surface area contributed by atoms with E-state index in [2.05, 4.69) is 10.2 Å². The van der Waals surface area contributed by atoms with Crippen molar-refractivity contribution in [2.75, 3.05) is 0 Å². The molecule has 0 aliphatic carbocycles. The number of hydrogen-bond donors (Lipinski definition) is 2. The summed E-state index contributed by atoms with van der Waals surface area (Å²) in [5, 5.41) is 17.8. The van der Waals surface area contributed by atoms with Crippen LogP contribution in [0.15, 0.2) is 45.5 Å². The zero-order chi connectivity index (χ0) is 17.2. The maximum absolute atomic E-state index is 11.4. The number of nitrogens with zero attached hydrogens (tertiary/aromatic N) is 2. The number of rotatable bonds is 4. The van der Waals surface area contributed by atoms with Crippen molar-refractivity contribution in [3.63, 3.8) is 0 Å². The van der Waals surface area contributed by atoms with Crippen LogP contribution in [0.4, 0.5) is 11.4 Å². The van der Waals surface area contributed by atoms with Gasteiger partial charge in [0.15, 0.2) is 0 Å². The van der Waals surface area contributed by atoms with Crippen molar-refractivity contribution in [3.8, 4) is 5.75 Å². The second-order valence-corrected chi connectivity index (χ2v) is 6.64. The van der Waals surface area contributed by atoms with Gasteiger partial charge >= 0.3 is 0 Å². The van der Waals surface area contributed by atoms with E-state index in [9.17, 15) is 18.1 Å². The highest BCUT2D eigenvalue weighted by Gasteiger charge is 2.15. The van der Waals surface area contributed by atoms with Crippen LogP contribution < -0.4 is 0 Å². The van der Waals surface area contributed by atoms with Gasteiger partial charge in [0.05, 0.1) is 16.3 Å². The molecule has 0 bridgehead atoms. The molecular formula is C16H18N2O4S. The molecule has 0 aromatic heterocycles. The highest BCUT2D eigenvalue weighted by atomic mass is 32.2. The minimum absolute atomic E-state index is 0.183. The Morgan fingerprint density at radius 2 is 1.74 bits per heavy atom. The van der Waals surface area contributed by atoms with E-state index in [-0.39, 0.29) is 10.6 Å². The molecule has 0 atom stereocenters. The predicted octanol–water partition coefficient (Wildman–Crippen LogP) is 4.23. The smallest absolute Gasteiger partial charge is 0.294 e. The molecule has 2 N–H and O–H groups in total. The molecule has 6 nitrogen and oxygen atoms in total. The van der Waals surface area contributed by atoms with Gasteiger partial charge in [0, 0.05) is 0 Å². The fraction of sp³-hybridized carbons (Fsp3) is 0.250. The lowest BCUT2D eigenvalue weighted by Gasteiger charge is -2.06. The largest absolute Gasteiger partial charge is 0.508 e. The summed E-state index contributed by atoms with van der Waals surface area (Å²) in [4.78, 5) is -0.183. The molecule has 0 aliphatic heterocycles. The van der Waals surface area contributed by atoms with Crippen LogP contribution in [0.25, 0.3) is 0 Å². The highest BCUT2D eigenvalue weighted by molar-refractivity contribution is 7.85. The summed E-state index contributed by atoms with van der Waals surface area (Å²) in [6.07, 6.45) is 0.658. The van der Waals surface area contributed by atoms with Gasteiger partial charge in [-0.05, 0) is 61.2 Å². The van der Waals surface area contributed by atoms with Gasteiger partial charge in [-0.15, -0.1) is 0 Å². The molecule has 0 heterocycles. The van der Waals surface area contributed by atoms with Crippen LogP contribution >= 0.6 is 0 Å². The molecule has 0 fully saturated rings. The predicted molar refractivity (Wildman–Crippen MR) is 87.4 cm³/mol. The first-order chi connectivity index (χ1) is 10.7. The zero-order valence-electron chi connectivity index (χ0n) is 13.1. The topological polar surface area (TPSA) is 99.3 Å². The van der Waals surface area contributed by atoms with E-state index in [1.54, 1.807) is 38.1 Å². The number of aryl methyl sites for hydroxylation is 3. The Hall–Kier alpha value is -2.25. The molecule has 0 spiro atoms. The molecule has 0 saturated heterocycles. The van der Waals surface area contributed by atoms with Crippen molar-refractivity contribution in [1.29, 1.82) is 0 Å². The van der Waals surface area contributed by atoms with Crippen LogP contribution in [0.3, 0.4) is 0 Å². The summed E-state index contributed by atoms with van der Waals surface area (Å²) in [7, 11) is -4.31. The molecule has 2 rings (SSSR count). The van der Waals surface area contributed by atoms with E-state index >= 15 is 0 Å². The SMILES string of the molecule is CCc1cc(N=Nc2cc(S(=O)(=O)O)c(C)cc2C)ccc1O. The van der Waals surface area contributed by atoms with E-state index < -0.39 is 10.1 Å². The molecule has 23 heavy (non-hydrogen) atoms. The van der Waals surface area contributed by atoms with Gasteiger partial charge in [-0.25, -0.2) is 0 Å². The van der Waals surface area contributed by atoms with E-state index in [0.29, 0.717) is 23.4 Å². The normalized spacial score (nSPS) is 12.0. The Morgan fingerprint density at radius 3 is 2.35 bits per heavy atom. The molecule has 0 aliphatic rings. The Labute approximate surface area is 135 Å². The number of azo groups is 1. The van der Waals surface area contributed by atoms with Gasteiger partial charge in [0.25, 0.3) is 10.1 Å². The van der Waals surface area contributed by atoms with Crippen molar-refractivity contribution < 1.29 is 18.1 Å². The third kappa shape index (κ3) is 3.94. The maximum atomic E-state index is 11.4. The Kier molecular flexibility index (Phi) is 4.82. The van der Waals surface area contributed by atoms with Crippen LogP contribution in [0, 0.1) is 13.8 Å². The molecule has 0 amide bonds. The maximum Gasteiger partial charge on any atom is 0.294 e. The summed E-state index contributed by atoms with van der Waals surface area (Å²) in [5.41, 5.74) is 2.85. The van der Waals surface area contributed by atoms with Gasteiger partial charge < -0.3 is 5.11 Å². The van der Waals surface area contributed by atoms with Crippen LogP contribution in [-0.4, -0.2) is 18.1 Å². The quantitative estimate of drug-likeness (QED) is 0.645. The monoisotopic (exact) mass is 334 g/mol. The van der Waals surface area contributed by atoms with Crippen LogP contribution in [0.1, 0.15) is 23.6 Å². The van der Waals surface area contributed by atoms with E-state index in [1.165, 1.54) is 6.07 Å². The first kappa shape index (κ1) is 17.1. The van der Waals surface area contributed by atoms with Crippen molar-refractivity contribution >= 4 is 21.5 Å². The average Bonchev–Trinajstić information content (AvgIpc) is 2.46. The van der Waals surface area contributed by atoms with Gasteiger partial charge in [-0.3, -0.25) is 4.55 Å². The van der Waals surface area contributed by atoms with Crippen molar-refractivity contribution in [3.05, 3.63) is 47.0 Å². The summed E-state index contributed by atoms with van der Waals surface area (Å²) >= 11 is 0. The fourth-order valence-corrected chi connectivity index (χ4v) is 2.96. The molecule has 2 aromatic carbocycles. The van der Waals surface area contributed by atoms with Gasteiger partial charge in [-0.1, -0.05) is 13.0 Å². The molecule has 2 aromatic rings. The highest BCUT2D eigenvalue weighted by Crippen LogP contribution is 2.29. The summed E-state index contributed by atoms with van der Waals surface area (Å²) in [5.74, 6) is 0.201. The third-order valence-corrected chi connectivity index (χ3v) is 4.48. The Bertz CT molecular complexity index is 874. The van der Waals surface area contributed by atoms with E-state index in [1.807, 2.05) is 6.92 Å². The number of benzene rings is 2. The number of phenols is 1. The van der Waals surface area contributed by atoms with Gasteiger partial charge in [-0.2, -0.15) is 18.6 Å². The minimum atomic E-state index is -4.31. The number of aromatic hydroxyl groups is 1. The first-order valence-electron chi connectivity index (χ1n) is 7.04. The lowest BCUT2D eigenvalue weighted by atomic mass is 10.1. The molecule has 0 unspecified atom stereocenters. The zero-order valence-corrected chi connectivity index (χ0v) is 13.9. The number of phenolic OH excluding ortho intramolecular Hbond substituents is 1. The molecular weight excluding hydrogens is 316 g/mol. The van der Waals surface area contributed by atoms with Crippen molar-refractivity contribution in [2.45, 2.75) is 32.1 Å². The second kappa shape index (κ2) is 6.47. The third-order valence-electron chi connectivity index (χ3n) is 3.49.